The molecule has 2 heterocycles. The van der Waals surface area contributed by atoms with Crippen LogP contribution in [0.1, 0.15) is 42.7 Å². The van der Waals surface area contributed by atoms with Gasteiger partial charge in [0.2, 0.25) is 0 Å². The predicted octanol–water partition coefficient (Wildman–Crippen LogP) is 5.75. The minimum atomic E-state index is 0.553. The molecule has 126 valence electrons. The number of thioether (sulfide) groups is 1. The average Bonchev–Trinajstić information content (AvgIpc) is 3.19. The van der Waals surface area contributed by atoms with Crippen LogP contribution in [0.3, 0.4) is 0 Å². The molecule has 0 saturated heterocycles. The lowest BCUT2D eigenvalue weighted by Crippen LogP contribution is -1.99. The first kappa shape index (κ1) is 17.2. The number of nitrogens with zero attached hydrogens (tertiary/aromatic N) is 3. The van der Waals surface area contributed by atoms with E-state index in [9.17, 15) is 0 Å². The highest BCUT2D eigenvalue weighted by Gasteiger charge is 2.15. The SMILES string of the molecule is CCn1c(SCc2cccc(C)c2)nnc1-c1csc(C(C)C)c1. The van der Waals surface area contributed by atoms with E-state index in [4.69, 9.17) is 0 Å². The first-order valence-electron chi connectivity index (χ1n) is 8.28. The first-order valence-corrected chi connectivity index (χ1v) is 10.1. The lowest BCUT2D eigenvalue weighted by Gasteiger charge is -2.07. The second-order valence-electron chi connectivity index (χ2n) is 6.22. The maximum Gasteiger partial charge on any atom is 0.191 e. The van der Waals surface area contributed by atoms with Crippen LogP contribution in [0.25, 0.3) is 11.4 Å². The summed E-state index contributed by atoms with van der Waals surface area (Å²) in [7, 11) is 0. The number of benzene rings is 1. The Morgan fingerprint density at radius 3 is 2.71 bits per heavy atom. The highest BCUT2D eigenvalue weighted by Crippen LogP contribution is 2.31. The van der Waals surface area contributed by atoms with Crippen molar-refractivity contribution in [1.82, 2.24) is 14.8 Å². The van der Waals surface area contributed by atoms with E-state index in [1.54, 1.807) is 23.1 Å². The van der Waals surface area contributed by atoms with Crippen molar-refractivity contribution in [2.45, 2.75) is 51.1 Å². The van der Waals surface area contributed by atoms with Crippen LogP contribution >= 0.6 is 23.1 Å². The summed E-state index contributed by atoms with van der Waals surface area (Å²) in [5.74, 6) is 2.45. The normalized spacial score (nSPS) is 11.4. The van der Waals surface area contributed by atoms with Crippen LogP contribution in [0.2, 0.25) is 0 Å². The molecular formula is C19H23N3S2. The highest BCUT2D eigenvalue weighted by molar-refractivity contribution is 7.98. The molecule has 3 rings (SSSR count). The minimum absolute atomic E-state index is 0.553. The Hall–Kier alpha value is -1.59. The molecule has 5 heteroatoms. The Labute approximate surface area is 152 Å². The smallest absolute Gasteiger partial charge is 0.191 e. The molecule has 3 nitrogen and oxygen atoms in total. The highest BCUT2D eigenvalue weighted by atomic mass is 32.2. The van der Waals surface area contributed by atoms with Gasteiger partial charge in [0.25, 0.3) is 0 Å². The fourth-order valence-electron chi connectivity index (χ4n) is 2.62. The van der Waals surface area contributed by atoms with Crippen molar-refractivity contribution in [3.05, 3.63) is 51.7 Å². The van der Waals surface area contributed by atoms with Gasteiger partial charge in [-0.3, -0.25) is 0 Å². The summed E-state index contributed by atoms with van der Waals surface area (Å²) in [6.45, 7) is 9.61. The molecule has 0 fully saturated rings. The van der Waals surface area contributed by atoms with Gasteiger partial charge in [-0.25, -0.2) is 0 Å². The Bertz CT molecular complexity index is 818. The Balaban J connectivity index is 1.81. The summed E-state index contributed by atoms with van der Waals surface area (Å²) in [5.41, 5.74) is 3.80. The van der Waals surface area contributed by atoms with Gasteiger partial charge in [-0.15, -0.1) is 21.5 Å². The molecule has 0 aliphatic heterocycles. The summed E-state index contributed by atoms with van der Waals surface area (Å²) in [6.07, 6.45) is 0. The zero-order valence-electron chi connectivity index (χ0n) is 14.6. The largest absolute Gasteiger partial charge is 0.302 e. The maximum atomic E-state index is 4.46. The second-order valence-corrected chi connectivity index (χ2v) is 8.11. The van der Waals surface area contributed by atoms with Crippen LogP contribution in [0.5, 0.6) is 0 Å². The van der Waals surface area contributed by atoms with E-state index in [-0.39, 0.29) is 0 Å². The topological polar surface area (TPSA) is 30.7 Å². The number of aryl methyl sites for hydroxylation is 1. The van der Waals surface area contributed by atoms with E-state index in [0.29, 0.717) is 5.92 Å². The van der Waals surface area contributed by atoms with Gasteiger partial charge in [-0.1, -0.05) is 55.4 Å². The van der Waals surface area contributed by atoms with Gasteiger partial charge < -0.3 is 4.57 Å². The summed E-state index contributed by atoms with van der Waals surface area (Å²) in [6, 6.07) is 10.9. The van der Waals surface area contributed by atoms with Crippen LogP contribution in [-0.4, -0.2) is 14.8 Å². The lowest BCUT2D eigenvalue weighted by molar-refractivity contribution is 0.687. The van der Waals surface area contributed by atoms with E-state index in [2.05, 4.69) is 78.2 Å². The van der Waals surface area contributed by atoms with Crippen molar-refractivity contribution >= 4 is 23.1 Å². The molecule has 0 radical (unpaired) electrons. The Morgan fingerprint density at radius 1 is 1.21 bits per heavy atom. The molecule has 0 atom stereocenters. The molecule has 24 heavy (non-hydrogen) atoms. The van der Waals surface area contributed by atoms with Crippen molar-refractivity contribution in [1.29, 1.82) is 0 Å². The molecule has 0 amide bonds. The lowest BCUT2D eigenvalue weighted by atomic mass is 10.1. The molecule has 0 unspecified atom stereocenters. The molecular weight excluding hydrogens is 334 g/mol. The predicted molar refractivity (Wildman–Crippen MR) is 104 cm³/mol. The van der Waals surface area contributed by atoms with Gasteiger partial charge in [-0.05, 0) is 31.4 Å². The van der Waals surface area contributed by atoms with Crippen molar-refractivity contribution in [2.24, 2.45) is 0 Å². The van der Waals surface area contributed by atoms with Crippen LogP contribution in [0.15, 0.2) is 40.9 Å². The van der Waals surface area contributed by atoms with E-state index >= 15 is 0 Å². The molecule has 0 N–H and O–H groups in total. The molecule has 1 aromatic carbocycles. The molecule has 3 aromatic rings. The van der Waals surface area contributed by atoms with Gasteiger partial charge >= 0.3 is 0 Å². The van der Waals surface area contributed by atoms with Gasteiger partial charge in [0, 0.05) is 28.1 Å². The number of thiophene rings is 1. The van der Waals surface area contributed by atoms with Crippen molar-refractivity contribution in [3.63, 3.8) is 0 Å². The second kappa shape index (κ2) is 7.53. The fraction of sp³-hybridized carbons (Fsp3) is 0.368. The summed E-state index contributed by atoms with van der Waals surface area (Å²) < 4.78 is 2.21. The van der Waals surface area contributed by atoms with Crippen LogP contribution in [-0.2, 0) is 12.3 Å². The minimum Gasteiger partial charge on any atom is -0.302 e. The van der Waals surface area contributed by atoms with Crippen LogP contribution in [0, 0.1) is 6.92 Å². The summed E-state index contributed by atoms with van der Waals surface area (Å²) >= 11 is 3.56. The zero-order valence-corrected chi connectivity index (χ0v) is 16.2. The molecule has 2 aromatic heterocycles. The molecule has 0 aliphatic carbocycles. The van der Waals surface area contributed by atoms with Gasteiger partial charge in [0.15, 0.2) is 11.0 Å². The van der Waals surface area contributed by atoms with Crippen molar-refractivity contribution in [3.8, 4) is 11.4 Å². The van der Waals surface area contributed by atoms with Gasteiger partial charge in [0.1, 0.15) is 0 Å². The molecule has 0 aliphatic rings. The quantitative estimate of drug-likeness (QED) is 0.526. The van der Waals surface area contributed by atoms with Crippen molar-refractivity contribution < 1.29 is 0 Å². The van der Waals surface area contributed by atoms with E-state index in [1.165, 1.54) is 21.6 Å². The molecule has 0 bridgehead atoms. The maximum absolute atomic E-state index is 4.46. The third-order valence-corrected chi connectivity index (χ3v) is 6.20. The third-order valence-electron chi connectivity index (χ3n) is 3.93. The van der Waals surface area contributed by atoms with Gasteiger partial charge in [0.05, 0.1) is 0 Å². The Kier molecular flexibility index (Phi) is 5.41. The standard InChI is InChI=1S/C19H23N3S2/c1-5-22-18(16-10-17(13(2)3)23-12-16)20-21-19(22)24-11-15-8-6-7-14(4)9-15/h6-10,12-13H,5,11H2,1-4H3. The van der Waals surface area contributed by atoms with Crippen LogP contribution in [0.4, 0.5) is 0 Å². The summed E-state index contributed by atoms with van der Waals surface area (Å²) in [5, 5.41) is 12.1. The first-order chi connectivity index (χ1) is 11.6. The molecule has 0 spiro atoms. The Morgan fingerprint density at radius 2 is 2.04 bits per heavy atom. The number of rotatable bonds is 6. The molecule has 0 saturated carbocycles. The monoisotopic (exact) mass is 357 g/mol. The van der Waals surface area contributed by atoms with Gasteiger partial charge in [-0.2, -0.15) is 0 Å². The fourth-order valence-corrected chi connectivity index (χ4v) is 4.47. The van der Waals surface area contributed by atoms with E-state index in [0.717, 1.165) is 23.3 Å². The zero-order chi connectivity index (χ0) is 17.1. The number of hydrogen-bond donors (Lipinski definition) is 0. The van der Waals surface area contributed by atoms with E-state index in [1.807, 2.05) is 0 Å². The average molecular weight is 358 g/mol. The van der Waals surface area contributed by atoms with Crippen molar-refractivity contribution in [2.75, 3.05) is 0 Å². The van der Waals surface area contributed by atoms with Crippen LogP contribution < -0.4 is 0 Å². The number of aromatic nitrogens is 3. The van der Waals surface area contributed by atoms with E-state index < -0.39 is 0 Å². The summed E-state index contributed by atoms with van der Waals surface area (Å²) in [4.78, 5) is 1.39. The number of hydrogen-bond acceptors (Lipinski definition) is 4. The third kappa shape index (κ3) is 3.73.